The largest absolute Gasteiger partial charge is 0.362 e. The number of epoxide rings is 1. The summed E-state index contributed by atoms with van der Waals surface area (Å²) in [6.07, 6.45) is 1.44. The first kappa shape index (κ1) is 11.2. The van der Waals surface area contributed by atoms with Gasteiger partial charge in [-0.15, -0.1) is 5.10 Å². The zero-order chi connectivity index (χ0) is 12.8. The van der Waals surface area contributed by atoms with Crippen molar-refractivity contribution in [2.75, 3.05) is 6.61 Å². The monoisotopic (exact) mass is 252 g/mol. The molecular formula is C11H10F2N4O. The van der Waals surface area contributed by atoms with Crippen LogP contribution in [0.15, 0.2) is 24.5 Å². The van der Waals surface area contributed by atoms with Crippen LogP contribution < -0.4 is 0 Å². The van der Waals surface area contributed by atoms with Crippen LogP contribution in [0, 0.1) is 11.6 Å². The lowest BCUT2D eigenvalue weighted by Gasteiger charge is -2.20. The standard InChI is InChI=1S/C11H10F2N4O/c1-7(17-6-14-15-16-17)11(5-18-11)9-3-2-8(12)4-10(9)13/h2-4,6-7H,5H2,1H3/t7-,11-/m1/s1. The number of aromatic nitrogens is 4. The lowest BCUT2D eigenvalue weighted by molar-refractivity contribution is 0.213. The minimum Gasteiger partial charge on any atom is -0.362 e. The van der Waals surface area contributed by atoms with Crippen molar-refractivity contribution >= 4 is 0 Å². The van der Waals surface area contributed by atoms with Gasteiger partial charge in [-0.1, -0.05) is 6.07 Å². The van der Waals surface area contributed by atoms with E-state index < -0.39 is 17.2 Å². The van der Waals surface area contributed by atoms with E-state index in [9.17, 15) is 8.78 Å². The third kappa shape index (κ3) is 1.59. The maximum Gasteiger partial charge on any atom is 0.141 e. The number of hydrogen-bond donors (Lipinski definition) is 0. The summed E-state index contributed by atoms with van der Waals surface area (Å²) in [4.78, 5) is 0. The molecule has 3 rings (SSSR count). The Balaban J connectivity index is 2.00. The molecule has 1 aliphatic rings. The molecule has 2 heterocycles. The smallest absolute Gasteiger partial charge is 0.141 e. The Kier molecular flexibility index (Phi) is 2.37. The fourth-order valence-electron chi connectivity index (χ4n) is 2.09. The molecule has 0 saturated carbocycles. The molecule has 5 nitrogen and oxygen atoms in total. The lowest BCUT2D eigenvalue weighted by atomic mass is 9.92. The number of benzene rings is 1. The Morgan fingerprint density at radius 1 is 1.44 bits per heavy atom. The van der Waals surface area contributed by atoms with Crippen molar-refractivity contribution in [3.63, 3.8) is 0 Å². The molecule has 1 aromatic heterocycles. The molecular weight excluding hydrogens is 242 g/mol. The number of rotatable bonds is 3. The zero-order valence-corrected chi connectivity index (χ0v) is 9.55. The average Bonchev–Trinajstić information content (AvgIpc) is 2.95. The summed E-state index contributed by atoms with van der Waals surface area (Å²) in [7, 11) is 0. The van der Waals surface area contributed by atoms with Gasteiger partial charge in [-0.3, -0.25) is 0 Å². The second kappa shape index (κ2) is 3.81. The van der Waals surface area contributed by atoms with Crippen LogP contribution in [0.25, 0.3) is 0 Å². The Hall–Kier alpha value is -1.89. The number of nitrogens with zero attached hydrogens (tertiary/aromatic N) is 4. The van der Waals surface area contributed by atoms with E-state index in [4.69, 9.17) is 4.74 Å². The molecule has 0 N–H and O–H groups in total. The fourth-order valence-corrected chi connectivity index (χ4v) is 2.09. The van der Waals surface area contributed by atoms with E-state index >= 15 is 0 Å². The number of halogens is 2. The molecule has 2 atom stereocenters. The second-order valence-corrected chi connectivity index (χ2v) is 4.27. The highest BCUT2D eigenvalue weighted by molar-refractivity contribution is 5.30. The van der Waals surface area contributed by atoms with E-state index in [1.54, 1.807) is 0 Å². The van der Waals surface area contributed by atoms with Crippen molar-refractivity contribution in [3.05, 3.63) is 41.7 Å². The van der Waals surface area contributed by atoms with Gasteiger partial charge in [0.25, 0.3) is 0 Å². The number of ether oxygens (including phenoxy) is 1. The van der Waals surface area contributed by atoms with Crippen molar-refractivity contribution in [3.8, 4) is 0 Å². The van der Waals surface area contributed by atoms with Gasteiger partial charge in [-0.2, -0.15) is 0 Å². The van der Waals surface area contributed by atoms with Crippen LogP contribution in [0.2, 0.25) is 0 Å². The summed E-state index contributed by atoms with van der Waals surface area (Å²) in [6, 6.07) is 3.20. The first-order valence-corrected chi connectivity index (χ1v) is 5.45. The average molecular weight is 252 g/mol. The molecule has 0 radical (unpaired) electrons. The molecule has 1 aliphatic heterocycles. The van der Waals surface area contributed by atoms with E-state index in [1.165, 1.54) is 23.1 Å². The van der Waals surface area contributed by atoms with Gasteiger partial charge in [0.1, 0.15) is 23.6 Å². The molecule has 94 valence electrons. The van der Waals surface area contributed by atoms with Gasteiger partial charge >= 0.3 is 0 Å². The van der Waals surface area contributed by atoms with Gasteiger partial charge < -0.3 is 4.74 Å². The Bertz CT molecular complexity index is 568. The predicted octanol–water partition coefficient (Wildman–Crippen LogP) is 1.44. The summed E-state index contributed by atoms with van der Waals surface area (Å²) in [5, 5.41) is 10.8. The first-order chi connectivity index (χ1) is 8.63. The SMILES string of the molecule is C[C@@H](n1cnnn1)[C@@]1(c2ccc(F)cc2F)CO1. The summed E-state index contributed by atoms with van der Waals surface area (Å²) in [5.74, 6) is -1.23. The molecule has 0 spiro atoms. The van der Waals surface area contributed by atoms with Crippen molar-refractivity contribution in [1.29, 1.82) is 0 Å². The lowest BCUT2D eigenvalue weighted by Crippen LogP contribution is -2.25. The molecule has 0 bridgehead atoms. The minimum absolute atomic E-state index is 0.271. The second-order valence-electron chi connectivity index (χ2n) is 4.27. The fraction of sp³-hybridized carbons (Fsp3) is 0.364. The van der Waals surface area contributed by atoms with Crippen molar-refractivity contribution < 1.29 is 13.5 Å². The van der Waals surface area contributed by atoms with Crippen LogP contribution in [-0.2, 0) is 10.3 Å². The third-order valence-electron chi connectivity index (χ3n) is 3.28. The highest BCUT2D eigenvalue weighted by Crippen LogP contribution is 2.48. The predicted molar refractivity (Wildman–Crippen MR) is 56.5 cm³/mol. The molecule has 0 unspecified atom stereocenters. The number of tetrazole rings is 1. The van der Waals surface area contributed by atoms with Crippen molar-refractivity contribution in [2.45, 2.75) is 18.6 Å². The van der Waals surface area contributed by atoms with E-state index in [1.807, 2.05) is 6.92 Å². The summed E-state index contributed by atoms with van der Waals surface area (Å²) >= 11 is 0. The van der Waals surface area contributed by atoms with Gasteiger partial charge in [0.15, 0.2) is 0 Å². The Labute approximate surface area is 101 Å². The van der Waals surface area contributed by atoms with Gasteiger partial charge in [0, 0.05) is 11.6 Å². The maximum atomic E-state index is 13.8. The van der Waals surface area contributed by atoms with Gasteiger partial charge in [0.2, 0.25) is 0 Å². The highest BCUT2D eigenvalue weighted by atomic mass is 19.1. The highest BCUT2D eigenvalue weighted by Gasteiger charge is 2.54. The molecule has 1 aromatic carbocycles. The normalized spacial score (nSPS) is 23.9. The molecule has 18 heavy (non-hydrogen) atoms. The van der Waals surface area contributed by atoms with E-state index in [0.29, 0.717) is 12.2 Å². The third-order valence-corrected chi connectivity index (χ3v) is 3.28. The minimum atomic E-state index is -0.812. The topological polar surface area (TPSA) is 56.1 Å². The summed E-state index contributed by atoms with van der Waals surface area (Å²) in [6.45, 7) is 2.18. The molecule has 1 saturated heterocycles. The van der Waals surface area contributed by atoms with Crippen LogP contribution in [0.5, 0.6) is 0 Å². The molecule has 1 fully saturated rings. The van der Waals surface area contributed by atoms with Crippen LogP contribution in [0.3, 0.4) is 0 Å². The Morgan fingerprint density at radius 3 is 2.78 bits per heavy atom. The van der Waals surface area contributed by atoms with Crippen molar-refractivity contribution in [1.82, 2.24) is 20.2 Å². The van der Waals surface area contributed by atoms with Gasteiger partial charge in [0.05, 0.1) is 12.6 Å². The molecule has 2 aromatic rings. The quantitative estimate of drug-likeness (QED) is 0.775. The van der Waals surface area contributed by atoms with Crippen LogP contribution in [0.1, 0.15) is 18.5 Å². The summed E-state index contributed by atoms with van der Waals surface area (Å²) in [5.41, 5.74) is -0.487. The van der Waals surface area contributed by atoms with Gasteiger partial charge in [-0.05, 0) is 23.4 Å². The van der Waals surface area contributed by atoms with Crippen LogP contribution in [-0.4, -0.2) is 26.8 Å². The zero-order valence-electron chi connectivity index (χ0n) is 9.55. The van der Waals surface area contributed by atoms with Crippen LogP contribution >= 0.6 is 0 Å². The Morgan fingerprint density at radius 2 is 2.22 bits per heavy atom. The molecule has 7 heteroatoms. The van der Waals surface area contributed by atoms with Gasteiger partial charge in [-0.25, -0.2) is 13.5 Å². The van der Waals surface area contributed by atoms with E-state index in [-0.39, 0.29) is 6.04 Å². The van der Waals surface area contributed by atoms with E-state index in [0.717, 1.165) is 6.07 Å². The molecule has 0 amide bonds. The maximum absolute atomic E-state index is 13.8. The van der Waals surface area contributed by atoms with E-state index in [2.05, 4.69) is 15.5 Å². The summed E-state index contributed by atoms with van der Waals surface area (Å²) < 4.78 is 33.6. The van der Waals surface area contributed by atoms with Crippen molar-refractivity contribution in [2.24, 2.45) is 0 Å². The first-order valence-electron chi connectivity index (χ1n) is 5.45. The number of hydrogen-bond acceptors (Lipinski definition) is 4. The van der Waals surface area contributed by atoms with Crippen LogP contribution in [0.4, 0.5) is 8.78 Å². The molecule has 0 aliphatic carbocycles.